The molecule has 186 valence electrons. The summed E-state index contributed by atoms with van der Waals surface area (Å²) in [7, 11) is -7.79. The Morgan fingerprint density at radius 2 is 1.49 bits per heavy atom. The molecular formula is C22H20Cl3N3O5S2. The summed E-state index contributed by atoms with van der Waals surface area (Å²) in [5.74, 6) is -0.672. The maximum absolute atomic E-state index is 12.7. The summed E-state index contributed by atoms with van der Waals surface area (Å²) >= 11 is 18.2. The predicted molar refractivity (Wildman–Crippen MR) is 141 cm³/mol. The Morgan fingerprint density at radius 1 is 0.886 bits per heavy atom. The lowest BCUT2D eigenvalue weighted by Gasteiger charge is -2.23. The lowest BCUT2D eigenvalue weighted by molar-refractivity contribution is -0.114. The van der Waals surface area contributed by atoms with Gasteiger partial charge in [0, 0.05) is 10.7 Å². The molecular weight excluding hydrogens is 557 g/mol. The highest BCUT2D eigenvalue weighted by molar-refractivity contribution is 7.92. The number of carbonyl (C=O) groups is 1. The third kappa shape index (κ3) is 6.59. The number of halogens is 3. The molecule has 0 spiro atoms. The molecule has 35 heavy (non-hydrogen) atoms. The molecule has 3 rings (SSSR count). The summed E-state index contributed by atoms with van der Waals surface area (Å²) in [5, 5.41) is 3.09. The number of nitrogens with one attached hydrogen (secondary N) is 2. The van der Waals surface area contributed by atoms with E-state index >= 15 is 0 Å². The second-order valence-corrected chi connectivity index (χ2v) is 12.2. The first kappa shape index (κ1) is 27.1. The fourth-order valence-electron chi connectivity index (χ4n) is 3.04. The first-order valence-corrected chi connectivity index (χ1v) is 14.4. The largest absolute Gasteiger partial charge is 0.325 e. The second-order valence-electron chi connectivity index (χ2n) is 7.43. The number of hydrogen-bond acceptors (Lipinski definition) is 5. The molecule has 3 aromatic carbocycles. The van der Waals surface area contributed by atoms with Gasteiger partial charge in [-0.25, -0.2) is 16.8 Å². The van der Waals surface area contributed by atoms with Crippen LogP contribution < -0.4 is 14.3 Å². The summed E-state index contributed by atoms with van der Waals surface area (Å²) in [5.41, 5.74) is 1.24. The molecule has 0 atom stereocenters. The van der Waals surface area contributed by atoms with E-state index in [4.69, 9.17) is 34.8 Å². The number of hydrogen-bond donors (Lipinski definition) is 2. The monoisotopic (exact) mass is 575 g/mol. The number of amides is 1. The highest BCUT2D eigenvalue weighted by atomic mass is 35.5. The van der Waals surface area contributed by atoms with E-state index in [0.29, 0.717) is 16.3 Å². The zero-order valence-electron chi connectivity index (χ0n) is 18.4. The molecule has 0 heterocycles. The molecule has 3 aromatic rings. The summed E-state index contributed by atoms with van der Waals surface area (Å²) in [6.07, 6.45) is 0.936. The van der Waals surface area contributed by atoms with Crippen molar-refractivity contribution >= 4 is 77.8 Å². The van der Waals surface area contributed by atoms with Crippen molar-refractivity contribution in [3.8, 4) is 0 Å². The smallest absolute Gasteiger partial charge is 0.261 e. The van der Waals surface area contributed by atoms with Crippen LogP contribution in [0, 0.1) is 6.92 Å². The Labute approximate surface area is 218 Å². The van der Waals surface area contributed by atoms with E-state index in [1.54, 1.807) is 25.1 Å². The Hall–Kier alpha value is -2.50. The van der Waals surface area contributed by atoms with E-state index in [1.807, 2.05) is 0 Å². The molecule has 0 aliphatic rings. The molecule has 0 fully saturated rings. The normalized spacial score (nSPS) is 11.7. The molecule has 13 heteroatoms. The van der Waals surface area contributed by atoms with Crippen molar-refractivity contribution in [2.75, 3.05) is 27.1 Å². The highest BCUT2D eigenvalue weighted by Gasteiger charge is 2.24. The van der Waals surface area contributed by atoms with Gasteiger partial charge >= 0.3 is 0 Å². The topological polar surface area (TPSA) is 113 Å². The molecule has 8 nitrogen and oxygen atoms in total. The van der Waals surface area contributed by atoms with Crippen LogP contribution in [-0.4, -0.2) is 35.5 Å². The quantitative estimate of drug-likeness (QED) is 0.385. The Kier molecular flexibility index (Phi) is 8.23. The van der Waals surface area contributed by atoms with Gasteiger partial charge in [0.1, 0.15) is 6.54 Å². The van der Waals surface area contributed by atoms with Gasteiger partial charge in [-0.3, -0.25) is 13.8 Å². The Bertz CT molecular complexity index is 1480. The van der Waals surface area contributed by atoms with Crippen LogP contribution in [-0.2, 0) is 24.8 Å². The van der Waals surface area contributed by atoms with E-state index in [1.165, 1.54) is 42.5 Å². The minimum Gasteiger partial charge on any atom is -0.325 e. The van der Waals surface area contributed by atoms with Crippen molar-refractivity contribution in [3.63, 3.8) is 0 Å². The van der Waals surface area contributed by atoms with Crippen LogP contribution in [0.25, 0.3) is 0 Å². The van der Waals surface area contributed by atoms with E-state index in [2.05, 4.69) is 10.0 Å². The van der Waals surface area contributed by atoms with Crippen LogP contribution in [0.4, 0.5) is 17.1 Å². The molecule has 0 bridgehead atoms. The van der Waals surface area contributed by atoms with Gasteiger partial charge in [0.25, 0.3) is 10.0 Å². The summed E-state index contributed by atoms with van der Waals surface area (Å²) in [6, 6.07) is 14.7. The van der Waals surface area contributed by atoms with Crippen molar-refractivity contribution in [1.29, 1.82) is 0 Å². The van der Waals surface area contributed by atoms with Crippen LogP contribution in [0.15, 0.2) is 65.6 Å². The summed E-state index contributed by atoms with van der Waals surface area (Å²) < 4.78 is 53.4. The minimum absolute atomic E-state index is 0.00982. The minimum atomic E-state index is -3.92. The molecule has 0 saturated heterocycles. The van der Waals surface area contributed by atoms with E-state index in [0.717, 1.165) is 10.6 Å². The summed E-state index contributed by atoms with van der Waals surface area (Å²) in [4.78, 5) is 12.6. The SMILES string of the molecule is Cc1c(Cl)cccc1NS(=O)(=O)c1ccc(NC(=O)CN(c2cccc(Cl)c2Cl)S(C)(=O)=O)cc1. The van der Waals surface area contributed by atoms with Gasteiger partial charge in [-0.2, -0.15) is 0 Å². The van der Waals surface area contributed by atoms with Crippen molar-refractivity contribution in [3.05, 3.63) is 81.3 Å². The zero-order valence-corrected chi connectivity index (χ0v) is 22.3. The molecule has 0 aromatic heterocycles. The molecule has 0 aliphatic carbocycles. The van der Waals surface area contributed by atoms with Gasteiger partial charge in [0.05, 0.1) is 32.6 Å². The molecule has 0 saturated carbocycles. The second kappa shape index (κ2) is 10.6. The van der Waals surface area contributed by atoms with Crippen molar-refractivity contribution in [1.82, 2.24) is 0 Å². The molecule has 0 unspecified atom stereocenters. The van der Waals surface area contributed by atoms with Crippen LogP contribution >= 0.6 is 34.8 Å². The maximum Gasteiger partial charge on any atom is 0.261 e. The van der Waals surface area contributed by atoms with Crippen LogP contribution in [0.5, 0.6) is 0 Å². The highest BCUT2D eigenvalue weighted by Crippen LogP contribution is 2.33. The first-order chi connectivity index (χ1) is 16.3. The predicted octanol–water partition coefficient (Wildman–Crippen LogP) is 5.16. The molecule has 1 amide bonds. The van der Waals surface area contributed by atoms with E-state index in [9.17, 15) is 21.6 Å². The number of nitrogens with zero attached hydrogens (tertiary/aromatic N) is 1. The van der Waals surface area contributed by atoms with E-state index in [-0.39, 0.29) is 26.3 Å². The van der Waals surface area contributed by atoms with Gasteiger partial charge in [-0.1, -0.05) is 46.9 Å². The number of anilines is 3. The zero-order chi connectivity index (χ0) is 26.0. The number of benzene rings is 3. The van der Waals surface area contributed by atoms with Crippen molar-refractivity contribution < 1.29 is 21.6 Å². The van der Waals surface area contributed by atoms with Gasteiger partial charge in [0.15, 0.2) is 0 Å². The Morgan fingerprint density at radius 3 is 2.11 bits per heavy atom. The standard InChI is InChI=1S/C22H20Cl3N3O5S2/c1-14-17(23)5-3-7-19(14)27-35(32,33)16-11-9-15(10-12-16)26-21(29)13-28(34(2,30)31)20-8-4-6-18(24)22(20)25/h3-12,27H,13H2,1-2H3,(H,26,29). The fraction of sp³-hybridized carbons (Fsp3) is 0.136. The fourth-order valence-corrected chi connectivity index (χ4v) is 5.64. The first-order valence-electron chi connectivity index (χ1n) is 9.89. The van der Waals surface area contributed by atoms with Gasteiger partial charge in [-0.15, -0.1) is 0 Å². The Balaban J connectivity index is 1.75. The third-order valence-corrected chi connectivity index (χ3v) is 8.57. The van der Waals surface area contributed by atoms with Gasteiger partial charge in [-0.05, 0) is 61.0 Å². The number of carbonyl (C=O) groups excluding carboxylic acids is 1. The van der Waals surface area contributed by atoms with Gasteiger partial charge in [0.2, 0.25) is 15.9 Å². The molecule has 0 radical (unpaired) electrons. The number of sulfonamides is 2. The van der Waals surface area contributed by atoms with Crippen LogP contribution in [0.1, 0.15) is 5.56 Å². The lowest BCUT2D eigenvalue weighted by atomic mass is 10.2. The lowest BCUT2D eigenvalue weighted by Crippen LogP contribution is -2.37. The van der Waals surface area contributed by atoms with Crippen molar-refractivity contribution in [2.24, 2.45) is 0 Å². The third-order valence-electron chi connectivity index (χ3n) is 4.85. The number of rotatable bonds is 8. The van der Waals surface area contributed by atoms with Crippen LogP contribution in [0.2, 0.25) is 15.1 Å². The van der Waals surface area contributed by atoms with E-state index < -0.39 is 32.5 Å². The maximum atomic E-state index is 12.7. The molecule has 2 N–H and O–H groups in total. The van der Waals surface area contributed by atoms with Crippen molar-refractivity contribution in [2.45, 2.75) is 11.8 Å². The molecule has 0 aliphatic heterocycles. The average Bonchev–Trinajstić information content (AvgIpc) is 2.77. The van der Waals surface area contributed by atoms with Gasteiger partial charge < -0.3 is 5.32 Å². The average molecular weight is 577 g/mol. The summed E-state index contributed by atoms with van der Waals surface area (Å²) in [6.45, 7) is 1.11. The van der Waals surface area contributed by atoms with Crippen LogP contribution in [0.3, 0.4) is 0 Å².